The molecule has 0 spiro atoms. The molecule has 1 nitrogen and oxygen atoms in total. The number of aromatic nitrogens is 1. The van der Waals surface area contributed by atoms with E-state index in [4.69, 9.17) is 23.2 Å². The second-order valence-corrected chi connectivity index (χ2v) is 2.74. The first kappa shape index (κ1) is 7.83. The van der Waals surface area contributed by atoms with Gasteiger partial charge >= 0.3 is 0 Å². The van der Waals surface area contributed by atoms with E-state index in [0.29, 0.717) is 5.88 Å². The summed E-state index contributed by atoms with van der Waals surface area (Å²) in [4.78, 5) is 3.91. The minimum atomic E-state index is -0.115. The van der Waals surface area contributed by atoms with Gasteiger partial charge in [0.2, 0.25) is 0 Å². The van der Waals surface area contributed by atoms with E-state index in [9.17, 15) is 0 Å². The van der Waals surface area contributed by atoms with Gasteiger partial charge in [-0.15, -0.1) is 23.2 Å². The van der Waals surface area contributed by atoms with Gasteiger partial charge in [-0.3, -0.25) is 4.98 Å². The molecule has 1 unspecified atom stereocenters. The van der Waals surface area contributed by atoms with Gasteiger partial charge in [0.25, 0.3) is 0 Å². The topological polar surface area (TPSA) is 12.9 Å². The van der Waals surface area contributed by atoms with Crippen molar-refractivity contribution in [2.24, 2.45) is 0 Å². The van der Waals surface area contributed by atoms with Crippen LogP contribution in [0.2, 0.25) is 0 Å². The van der Waals surface area contributed by atoms with Crippen molar-refractivity contribution in [2.75, 3.05) is 5.88 Å². The van der Waals surface area contributed by atoms with Crippen molar-refractivity contribution in [3.63, 3.8) is 0 Å². The van der Waals surface area contributed by atoms with Crippen molar-refractivity contribution < 1.29 is 0 Å². The fourth-order valence-corrected chi connectivity index (χ4v) is 0.958. The van der Waals surface area contributed by atoms with Crippen LogP contribution in [0.4, 0.5) is 0 Å². The van der Waals surface area contributed by atoms with E-state index in [1.54, 1.807) is 12.4 Å². The first-order valence-electron chi connectivity index (χ1n) is 2.94. The Hall–Kier alpha value is -0.270. The van der Waals surface area contributed by atoms with Gasteiger partial charge in [-0.25, -0.2) is 0 Å². The maximum atomic E-state index is 5.82. The van der Waals surface area contributed by atoms with Crippen LogP contribution in [0.1, 0.15) is 10.9 Å². The lowest BCUT2D eigenvalue weighted by molar-refractivity contribution is 1.07. The van der Waals surface area contributed by atoms with Crippen LogP contribution in [0, 0.1) is 0 Å². The van der Waals surface area contributed by atoms with Crippen LogP contribution in [0.15, 0.2) is 24.5 Å². The molecule has 0 saturated heterocycles. The van der Waals surface area contributed by atoms with Crippen molar-refractivity contribution in [1.29, 1.82) is 0 Å². The van der Waals surface area contributed by atoms with Crippen LogP contribution < -0.4 is 0 Å². The van der Waals surface area contributed by atoms with E-state index >= 15 is 0 Å². The number of pyridine rings is 1. The molecule has 1 aromatic rings. The Kier molecular flexibility index (Phi) is 2.97. The molecule has 1 heterocycles. The molecular formula is C7H7Cl2N. The summed E-state index contributed by atoms with van der Waals surface area (Å²) in [5.74, 6) is 0.424. The molecule has 0 aliphatic rings. The van der Waals surface area contributed by atoms with Crippen LogP contribution in [0.25, 0.3) is 0 Å². The molecule has 1 aromatic heterocycles. The molecule has 0 N–H and O–H groups in total. The molecule has 0 amide bonds. The highest BCUT2D eigenvalue weighted by atomic mass is 35.5. The predicted molar refractivity (Wildman–Crippen MR) is 43.6 cm³/mol. The first-order valence-corrected chi connectivity index (χ1v) is 3.91. The lowest BCUT2D eigenvalue weighted by Crippen LogP contribution is -1.90. The molecule has 0 saturated carbocycles. The lowest BCUT2D eigenvalue weighted by atomic mass is 10.2. The smallest absolute Gasteiger partial charge is 0.0735 e. The third-order valence-electron chi connectivity index (χ3n) is 1.18. The van der Waals surface area contributed by atoms with E-state index < -0.39 is 0 Å². The Morgan fingerprint density at radius 2 is 2.40 bits per heavy atom. The Labute approximate surface area is 70.0 Å². The highest BCUT2D eigenvalue weighted by Crippen LogP contribution is 2.19. The molecule has 10 heavy (non-hydrogen) atoms. The van der Waals surface area contributed by atoms with Gasteiger partial charge in [0.15, 0.2) is 0 Å². The van der Waals surface area contributed by atoms with Gasteiger partial charge in [0.05, 0.1) is 5.38 Å². The summed E-state index contributed by atoms with van der Waals surface area (Å²) >= 11 is 11.3. The zero-order chi connectivity index (χ0) is 7.40. The summed E-state index contributed by atoms with van der Waals surface area (Å²) in [6.45, 7) is 0. The summed E-state index contributed by atoms with van der Waals surface area (Å²) in [5, 5.41) is -0.115. The second kappa shape index (κ2) is 3.79. The zero-order valence-electron chi connectivity index (χ0n) is 5.30. The van der Waals surface area contributed by atoms with Crippen LogP contribution in [-0.2, 0) is 0 Å². The minimum Gasteiger partial charge on any atom is -0.264 e. The molecule has 0 bridgehead atoms. The van der Waals surface area contributed by atoms with Crippen molar-refractivity contribution in [2.45, 2.75) is 5.38 Å². The molecule has 0 radical (unpaired) electrons. The Bertz CT molecular complexity index is 188. The summed E-state index contributed by atoms with van der Waals surface area (Å²) in [7, 11) is 0. The average Bonchev–Trinajstić information content (AvgIpc) is 2.05. The molecule has 54 valence electrons. The molecule has 1 rings (SSSR count). The predicted octanol–water partition coefficient (Wildman–Crippen LogP) is 2.60. The standard InChI is InChI=1S/C7H7Cl2N/c8-4-7(9)6-2-1-3-10-5-6/h1-3,5,7H,4H2. The zero-order valence-corrected chi connectivity index (χ0v) is 6.81. The highest BCUT2D eigenvalue weighted by Gasteiger charge is 2.03. The number of hydrogen-bond donors (Lipinski definition) is 0. The van der Waals surface area contributed by atoms with Crippen molar-refractivity contribution in [3.8, 4) is 0 Å². The van der Waals surface area contributed by atoms with Gasteiger partial charge in [-0.2, -0.15) is 0 Å². The van der Waals surface area contributed by atoms with Crippen molar-refractivity contribution in [1.82, 2.24) is 4.98 Å². The summed E-state index contributed by atoms with van der Waals surface area (Å²) in [6.07, 6.45) is 3.43. The van der Waals surface area contributed by atoms with E-state index in [-0.39, 0.29) is 5.38 Å². The largest absolute Gasteiger partial charge is 0.264 e. The van der Waals surface area contributed by atoms with Crippen molar-refractivity contribution >= 4 is 23.2 Å². The van der Waals surface area contributed by atoms with Crippen LogP contribution >= 0.6 is 23.2 Å². The monoisotopic (exact) mass is 175 g/mol. The van der Waals surface area contributed by atoms with Crippen LogP contribution in [-0.4, -0.2) is 10.9 Å². The van der Waals surface area contributed by atoms with E-state index in [2.05, 4.69) is 4.98 Å². The number of nitrogens with zero attached hydrogens (tertiary/aromatic N) is 1. The van der Waals surface area contributed by atoms with Gasteiger partial charge in [0.1, 0.15) is 0 Å². The van der Waals surface area contributed by atoms with E-state index in [1.807, 2.05) is 12.1 Å². The highest BCUT2D eigenvalue weighted by molar-refractivity contribution is 6.28. The quantitative estimate of drug-likeness (QED) is 0.631. The Morgan fingerprint density at radius 3 is 2.90 bits per heavy atom. The Morgan fingerprint density at radius 1 is 1.60 bits per heavy atom. The number of hydrogen-bond acceptors (Lipinski definition) is 1. The Balaban J connectivity index is 2.75. The number of halogens is 2. The lowest BCUT2D eigenvalue weighted by Gasteiger charge is -2.02. The molecule has 1 atom stereocenters. The van der Waals surface area contributed by atoms with Gasteiger partial charge in [-0.1, -0.05) is 6.07 Å². The summed E-state index contributed by atoms with van der Waals surface area (Å²) in [6, 6.07) is 3.75. The van der Waals surface area contributed by atoms with E-state index in [0.717, 1.165) is 5.56 Å². The average molecular weight is 176 g/mol. The summed E-state index contributed by atoms with van der Waals surface area (Å²) < 4.78 is 0. The fourth-order valence-electron chi connectivity index (χ4n) is 0.650. The molecule has 0 aliphatic heterocycles. The molecular weight excluding hydrogens is 169 g/mol. The van der Waals surface area contributed by atoms with E-state index in [1.165, 1.54) is 0 Å². The molecule has 0 aromatic carbocycles. The molecule has 3 heteroatoms. The van der Waals surface area contributed by atoms with Crippen LogP contribution in [0.5, 0.6) is 0 Å². The van der Waals surface area contributed by atoms with Gasteiger partial charge in [0, 0.05) is 18.3 Å². The van der Waals surface area contributed by atoms with Crippen molar-refractivity contribution in [3.05, 3.63) is 30.1 Å². The molecule has 0 aliphatic carbocycles. The summed E-state index contributed by atoms with van der Waals surface area (Å²) in [5.41, 5.74) is 0.971. The minimum absolute atomic E-state index is 0.115. The third kappa shape index (κ3) is 1.86. The normalized spacial score (nSPS) is 13.0. The van der Waals surface area contributed by atoms with Crippen LogP contribution in [0.3, 0.4) is 0 Å². The molecule has 0 fully saturated rings. The first-order chi connectivity index (χ1) is 4.84. The maximum absolute atomic E-state index is 5.82. The third-order valence-corrected chi connectivity index (χ3v) is 2.05. The number of alkyl halides is 2. The maximum Gasteiger partial charge on any atom is 0.0735 e. The number of rotatable bonds is 2. The van der Waals surface area contributed by atoms with Gasteiger partial charge in [-0.05, 0) is 11.6 Å². The van der Waals surface area contributed by atoms with Gasteiger partial charge < -0.3 is 0 Å². The SMILES string of the molecule is ClCC(Cl)c1cccnc1. The second-order valence-electron chi connectivity index (χ2n) is 1.91. The fraction of sp³-hybridized carbons (Fsp3) is 0.286.